The van der Waals surface area contributed by atoms with Gasteiger partial charge in [0.05, 0.1) is 6.33 Å². The van der Waals surface area contributed by atoms with Gasteiger partial charge in [-0.2, -0.15) is 9.97 Å². The normalized spacial score (nSPS) is 10.5. The van der Waals surface area contributed by atoms with Gasteiger partial charge in [-0.05, 0) is 17.2 Å². The first-order valence-electron chi connectivity index (χ1n) is 6.07. The third-order valence-corrected chi connectivity index (χ3v) is 2.86. The van der Waals surface area contributed by atoms with Crippen molar-refractivity contribution < 1.29 is 9.53 Å². The SMILES string of the molecule is O=C(Nc1nc(Cl)nc2nc[nH]c12)OCc1ccccc1. The van der Waals surface area contributed by atoms with Crippen molar-refractivity contribution in [3.8, 4) is 0 Å². The summed E-state index contributed by atoms with van der Waals surface area (Å²) in [6, 6.07) is 9.36. The zero-order valence-electron chi connectivity index (χ0n) is 10.7. The molecule has 2 N–H and O–H groups in total. The largest absolute Gasteiger partial charge is 0.444 e. The molecule has 2 aromatic heterocycles. The van der Waals surface area contributed by atoms with Gasteiger partial charge < -0.3 is 9.72 Å². The first-order valence-corrected chi connectivity index (χ1v) is 6.44. The van der Waals surface area contributed by atoms with Gasteiger partial charge in [0.15, 0.2) is 11.5 Å². The summed E-state index contributed by atoms with van der Waals surface area (Å²) < 4.78 is 5.11. The van der Waals surface area contributed by atoms with Crippen molar-refractivity contribution in [3.63, 3.8) is 0 Å². The summed E-state index contributed by atoms with van der Waals surface area (Å²) >= 11 is 5.77. The zero-order valence-corrected chi connectivity index (χ0v) is 11.5. The Morgan fingerprint density at radius 1 is 1.29 bits per heavy atom. The van der Waals surface area contributed by atoms with Gasteiger partial charge in [-0.25, -0.2) is 9.78 Å². The van der Waals surface area contributed by atoms with Crippen molar-refractivity contribution in [1.29, 1.82) is 0 Å². The van der Waals surface area contributed by atoms with E-state index < -0.39 is 6.09 Å². The molecule has 0 bridgehead atoms. The molecular weight excluding hydrogens is 294 g/mol. The number of fused-ring (bicyclic) bond motifs is 1. The van der Waals surface area contributed by atoms with Crippen LogP contribution in [0.2, 0.25) is 5.28 Å². The highest BCUT2D eigenvalue weighted by atomic mass is 35.5. The molecule has 7 nitrogen and oxygen atoms in total. The zero-order chi connectivity index (χ0) is 14.7. The first kappa shape index (κ1) is 13.3. The van der Waals surface area contributed by atoms with Crippen molar-refractivity contribution in [1.82, 2.24) is 19.9 Å². The fourth-order valence-corrected chi connectivity index (χ4v) is 1.92. The number of carbonyl (C=O) groups excluding carboxylic acids is 1. The number of benzene rings is 1. The number of nitrogens with zero attached hydrogens (tertiary/aromatic N) is 3. The molecule has 0 unspecified atom stereocenters. The summed E-state index contributed by atoms with van der Waals surface area (Å²) in [5.74, 6) is 0.223. The van der Waals surface area contributed by atoms with Crippen LogP contribution in [-0.4, -0.2) is 26.0 Å². The van der Waals surface area contributed by atoms with E-state index in [1.165, 1.54) is 6.33 Å². The number of amides is 1. The van der Waals surface area contributed by atoms with Crippen molar-refractivity contribution in [3.05, 3.63) is 47.5 Å². The van der Waals surface area contributed by atoms with Gasteiger partial charge in [-0.15, -0.1) is 0 Å². The molecule has 0 fully saturated rings. The molecule has 0 radical (unpaired) electrons. The number of aromatic amines is 1. The third-order valence-electron chi connectivity index (χ3n) is 2.69. The Morgan fingerprint density at radius 2 is 2.10 bits per heavy atom. The number of H-pyrrole nitrogens is 1. The summed E-state index contributed by atoms with van der Waals surface area (Å²) in [5, 5.41) is 2.51. The molecule has 0 atom stereocenters. The third kappa shape index (κ3) is 3.09. The highest BCUT2D eigenvalue weighted by Gasteiger charge is 2.12. The molecular formula is C13H10ClN5O2. The lowest BCUT2D eigenvalue weighted by molar-refractivity contribution is 0.155. The van der Waals surface area contributed by atoms with Gasteiger partial charge in [0, 0.05) is 0 Å². The molecule has 0 saturated heterocycles. The minimum Gasteiger partial charge on any atom is -0.444 e. The number of hydrogen-bond donors (Lipinski definition) is 2. The van der Waals surface area contributed by atoms with E-state index in [0.717, 1.165) is 5.56 Å². The highest BCUT2D eigenvalue weighted by molar-refractivity contribution is 6.28. The summed E-state index contributed by atoms with van der Waals surface area (Å²) in [7, 11) is 0. The number of imidazole rings is 1. The second-order valence-electron chi connectivity index (χ2n) is 4.13. The maximum atomic E-state index is 11.8. The smallest absolute Gasteiger partial charge is 0.413 e. The van der Waals surface area contributed by atoms with Gasteiger partial charge in [-0.1, -0.05) is 30.3 Å². The van der Waals surface area contributed by atoms with Crippen LogP contribution < -0.4 is 5.32 Å². The van der Waals surface area contributed by atoms with Gasteiger partial charge in [0.2, 0.25) is 5.28 Å². The number of ether oxygens (including phenoxy) is 1. The lowest BCUT2D eigenvalue weighted by Crippen LogP contribution is -2.15. The molecule has 106 valence electrons. The standard InChI is InChI=1S/C13H10ClN5O2/c14-12-17-10-9(15-7-16-10)11(18-12)19-13(20)21-6-8-4-2-1-3-5-8/h1-5,7H,6H2,(H2,15,16,17,18,19,20). The van der Waals surface area contributed by atoms with Gasteiger partial charge >= 0.3 is 6.09 Å². The number of anilines is 1. The van der Waals surface area contributed by atoms with Gasteiger partial charge in [0.1, 0.15) is 12.1 Å². The Morgan fingerprint density at radius 3 is 2.90 bits per heavy atom. The average Bonchev–Trinajstić information content (AvgIpc) is 2.94. The van der Waals surface area contributed by atoms with E-state index in [2.05, 4.69) is 25.3 Å². The van der Waals surface area contributed by atoms with E-state index in [9.17, 15) is 4.79 Å². The lowest BCUT2D eigenvalue weighted by atomic mass is 10.2. The Balaban J connectivity index is 1.70. The minimum atomic E-state index is -0.635. The monoisotopic (exact) mass is 303 g/mol. The molecule has 0 aliphatic rings. The van der Waals surface area contributed by atoms with E-state index in [1.54, 1.807) is 0 Å². The Hall–Kier alpha value is -2.67. The highest BCUT2D eigenvalue weighted by Crippen LogP contribution is 2.18. The number of aromatic nitrogens is 4. The molecule has 3 rings (SSSR count). The van der Waals surface area contributed by atoms with Crippen LogP contribution in [0.4, 0.5) is 10.6 Å². The van der Waals surface area contributed by atoms with Gasteiger partial charge in [0.25, 0.3) is 0 Å². The Kier molecular flexibility index (Phi) is 3.65. The van der Waals surface area contributed by atoms with Crippen LogP contribution in [0.25, 0.3) is 11.2 Å². The number of carbonyl (C=O) groups is 1. The molecule has 1 amide bonds. The quantitative estimate of drug-likeness (QED) is 0.726. The molecule has 8 heteroatoms. The van der Waals surface area contributed by atoms with Crippen molar-refractivity contribution in [2.45, 2.75) is 6.61 Å². The number of halogens is 1. The van der Waals surface area contributed by atoms with E-state index in [0.29, 0.717) is 11.2 Å². The molecule has 3 aromatic rings. The van der Waals surface area contributed by atoms with E-state index in [4.69, 9.17) is 16.3 Å². The number of hydrogen-bond acceptors (Lipinski definition) is 5. The predicted octanol–water partition coefficient (Wildman–Crippen LogP) is 2.76. The molecule has 0 saturated carbocycles. The van der Waals surface area contributed by atoms with Crippen LogP contribution in [-0.2, 0) is 11.3 Å². The van der Waals surface area contributed by atoms with Crippen LogP contribution in [0.5, 0.6) is 0 Å². The predicted molar refractivity (Wildman–Crippen MR) is 76.9 cm³/mol. The average molecular weight is 304 g/mol. The van der Waals surface area contributed by atoms with Crippen molar-refractivity contribution in [2.24, 2.45) is 0 Å². The molecule has 0 spiro atoms. The maximum Gasteiger partial charge on any atom is 0.413 e. The second-order valence-corrected chi connectivity index (χ2v) is 4.47. The summed E-state index contributed by atoms with van der Waals surface area (Å²) in [4.78, 5) is 26.4. The molecule has 1 aromatic carbocycles. The molecule has 0 aliphatic carbocycles. The van der Waals surface area contributed by atoms with Crippen molar-refractivity contribution in [2.75, 3.05) is 5.32 Å². The van der Waals surface area contributed by atoms with Crippen LogP contribution in [0, 0.1) is 0 Å². The molecule has 21 heavy (non-hydrogen) atoms. The van der Waals surface area contributed by atoms with E-state index >= 15 is 0 Å². The summed E-state index contributed by atoms with van der Waals surface area (Å²) in [6.07, 6.45) is 0.806. The maximum absolute atomic E-state index is 11.8. The number of rotatable bonds is 3. The van der Waals surface area contributed by atoms with Crippen LogP contribution in [0.1, 0.15) is 5.56 Å². The Bertz CT molecular complexity index is 775. The molecule has 2 heterocycles. The summed E-state index contributed by atoms with van der Waals surface area (Å²) in [6.45, 7) is 0.164. The second kappa shape index (κ2) is 5.76. The number of nitrogens with one attached hydrogen (secondary N) is 2. The lowest BCUT2D eigenvalue weighted by Gasteiger charge is -2.07. The topological polar surface area (TPSA) is 92.8 Å². The molecule has 0 aliphatic heterocycles. The van der Waals surface area contributed by atoms with Crippen LogP contribution >= 0.6 is 11.6 Å². The fraction of sp³-hybridized carbons (Fsp3) is 0.0769. The first-order chi connectivity index (χ1) is 10.2. The Labute approximate surface area is 124 Å². The van der Waals surface area contributed by atoms with Crippen LogP contribution in [0.3, 0.4) is 0 Å². The van der Waals surface area contributed by atoms with E-state index in [1.807, 2.05) is 30.3 Å². The van der Waals surface area contributed by atoms with Crippen LogP contribution in [0.15, 0.2) is 36.7 Å². The fourth-order valence-electron chi connectivity index (χ4n) is 1.75. The minimum absolute atomic E-state index is 0.00652. The van der Waals surface area contributed by atoms with Crippen molar-refractivity contribution >= 4 is 34.7 Å². The summed E-state index contributed by atoms with van der Waals surface area (Å²) in [5.41, 5.74) is 1.74. The van der Waals surface area contributed by atoms with Gasteiger partial charge in [-0.3, -0.25) is 5.32 Å². The van der Waals surface area contributed by atoms with E-state index in [-0.39, 0.29) is 17.7 Å².